The molecule has 1 saturated heterocycles. The molecule has 1 aromatic carbocycles. The third-order valence-electron chi connectivity index (χ3n) is 4.07. The molecule has 2 rings (SSSR count). The zero-order valence-corrected chi connectivity index (χ0v) is 14.0. The molecule has 1 unspecified atom stereocenters. The molecule has 1 aliphatic heterocycles. The number of amides is 1. The second-order valence-corrected chi connectivity index (χ2v) is 5.67. The molecule has 0 aliphatic carbocycles. The summed E-state index contributed by atoms with van der Waals surface area (Å²) in [7, 11) is 1.46. The summed E-state index contributed by atoms with van der Waals surface area (Å²) in [6.45, 7) is 7.79. The Kier molecular flexibility index (Phi) is 6.36. The average molecular weight is 324 g/mol. The van der Waals surface area contributed by atoms with Crippen molar-refractivity contribution in [1.82, 2.24) is 9.80 Å². The zero-order valence-electron chi connectivity index (χ0n) is 14.0. The Bertz CT molecular complexity index is 531. The van der Waals surface area contributed by atoms with Crippen LogP contribution in [0.25, 0.3) is 0 Å². The van der Waals surface area contributed by atoms with Crippen LogP contribution in [0.5, 0.6) is 5.75 Å². The van der Waals surface area contributed by atoms with Crippen molar-refractivity contribution in [3.05, 3.63) is 29.6 Å². The molecular formula is C17H25FN2O3. The number of hydrogen-bond acceptors (Lipinski definition) is 4. The molecule has 0 saturated carbocycles. The van der Waals surface area contributed by atoms with E-state index in [-0.39, 0.29) is 23.6 Å². The van der Waals surface area contributed by atoms with E-state index in [1.165, 1.54) is 13.2 Å². The first-order valence-corrected chi connectivity index (χ1v) is 8.00. The average Bonchev–Trinajstić information content (AvgIpc) is 2.55. The van der Waals surface area contributed by atoms with Crippen molar-refractivity contribution in [3.8, 4) is 5.75 Å². The fourth-order valence-electron chi connectivity index (χ4n) is 2.77. The van der Waals surface area contributed by atoms with E-state index in [1.54, 1.807) is 13.0 Å². The maximum Gasteiger partial charge on any atom is 0.251 e. The minimum Gasteiger partial charge on any atom is -0.494 e. The maximum atomic E-state index is 13.7. The predicted octanol–water partition coefficient (Wildman–Crippen LogP) is 1.90. The Morgan fingerprint density at radius 2 is 2.00 bits per heavy atom. The standard InChI is InChI=1S/C17H25FN2O3/c1-4-23-13(2)17(21)20-9-7-19(8-10-20)12-14-5-6-16(22-3)15(18)11-14/h5-6,11,13H,4,7-10,12H2,1-3H3. The Labute approximate surface area is 137 Å². The van der Waals surface area contributed by atoms with Crippen LogP contribution in [-0.4, -0.2) is 61.7 Å². The number of nitrogens with zero attached hydrogens (tertiary/aromatic N) is 2. The number of halogens is 1. The van der Waals surface area contributed by atoms with E-state index in [4.69, 9.17) is 9.47 Å². The van der Waals surface area contributed by atoms with Gasteiger partial charge in [0.1, 0.15) is 6.10 Å². The normalized spacial score (nSPS) is 17.1. The largest absolute Gasteiger partial charge is 0.494 e. The molecule has 1 aromatic rings. The van der Waals surface area contributed by atoms with Crippen LogP contribution in [0.3, 0.4) is 0 Å². The van der Waals surface area contributed by atoms with Crippen LogP contribution < -0.4 is 4.74 Å². The quantitative estimate of drug-likeness (QED) is 0.801. The van der Waals surface area contributed by atoms with Crippen LogP contribution >= 0.6 is 0 Å². The monoisotopic (exact) mass is 324 g/mol. The van der Waals surface area contributed by atoms with Gasteiger partial charge in [0.2, 0.25) is 0 Å². The lowest BCUT2D eigenvalue weighted by atomic mass is 10.1. The highest BCUT2D eigenvalue weighted by Gasteiger charge is 2.25. The number of piperazine rings is 1. The molecule has 0 radical (unpaired) electrons. The number of rotatable bonds is 6. The van der Waals surface area contributed by atoms with Gasteiger partial charge in [-0.3, -0.25) is 9.69 Å². The van der Waals surface area contributed by atoms with Crippen LogP contribution in [0, 0.1) is 5.82 Å². The lowest BCUT2D eigenvalue weighted by Gasteiger charge is -2.35. The van der Waals surface area contributed by atoms with Crippen molar-refractivity contribution >= 4 is 5.91 Å². The molecule has 6 heteroatoms. The highest BCUT2D eigenvalue weighted by Crippen LogP contribution is 2.19. The van der Waals surface area contributed by atoms with E-state index in [0.717, 1.165) is 18.7 Å². The van der Waals surface area contributed by atoms with E-state index in [1.807, 2.05) is 17.9 Å². The predicted molar refractivity (Wildman–Crippen MR) is 85.9 cm³/mol. The van der Waals surface area contributed by atoms with Gasteiger partial charge in [-0.1, -0.05) is 6.07 Å². The Balaban J connectivity index is 1.85. The molecule has 5 nitrogen and oxygen atoms in total. The minimum absolute atomic E-state index is 0.0435. The van der Waals surface area contributed by atoms with Gasteiger partial charge in [0.05, 0.1) is 7.11 Å². The third kappa shape index (κ3) is 4.65. The molecule has 1 heterocycles. The summed E-state index contributed by atoms with van der Waals surface area (Å²) in [5.74, 6) is -0.0413. The smallest absolute Gasteiger partial charge is 0.251 e. The van der Waals surface area contributed by atoms with Crippen LogP contribution in [0.1, 0.15) is 19.4 Å². The van der Waals surface area contributed by atoms with Crippen molar-refractivity contribution < 1.29 is 18.7 Å². The number of ether oxygens (including phenoxy) is 2. The fourth-order valence-corrected chi connectivity index (χ4v) is 2.77. The Morgan fingerprint density at radius 1 is 1.30 bits per heavy atom. The fraction of sp³-hybridized carbons (Fsp3) is 0.588. The van der Waals surface area contributed by atoms with Crippen molar-refractivity contribution in [2.75, 3.05) is 39.9 Å². The highest BCUT2D eigenvalue weighted by atomic mass is 19.1. The van der Waals surface area contributed by atoms with Crippen molar-refractivity contribution in [2.24, 2.45) is 0 Å². The molecule has 0 N–H and O–H groups in total. The summed E-state index contributed by atoms with van der Waals surface area (Å²) in [6, 6.07) is 5.03. The lowest BCUT2D eigenvalue weighted by Crippen LogP contribution is -2.51. The molecule has 0 aromatic heterocycles. The van der Waals surface area contributed by atoms with Gasteiger partial charge in [-0.15, -0.1) is 0 Å². The topological polar surface area (TPSA) is 42.0 Å². The summed E-state index contributed by atoms with van der Waals surface area (Å²) in [4.78, 5) is 16.2. The van der Waals surface area contributed by atoms with Gasteiger partial charge in [0, 0.05) is 39.3 Å². The van der Waals surface area contributed by atoms with E-state index < -0.39 is 0 Å². The first-order valence-electron chi connectivity index (χ1n) is 8.00. The lowest BCUT2D eigenvalue weighted by molar-refractivity contribution is -0.144. The first-order chi connectivity index (χ1) is 11.0. The molecule has 0 bridgehead atoms. The van der Waals surface area contributed by atoms with Crippen LogP contribution in [0.15, 0.2) is 18.2 Å². The van der Waals surface area contributed by atoms with Gasteiger partial charge >= 0.3 is 0 Å². The van der Waals surface area contributed by atoms with Crippen molar-refractivity contribution in [3.63, 3.8) is 0 Å². The molecule has 1 amide bonds. The second kappa shape index (κ2) is 8.26. The SMILES string of the molecule is CCOC(C)C(=O)N1CCN(Cc2ccc(OC)c(F)c2)CC1. The van der Waals surface area contributed by atoms with Gasteiger partial charge in [0.25, 0.3) is 5.91 Å². The molecule has 23 heavy (non-hydrogen) atoms. The van der Waals surface area contributed by atoms with Gasteiger partial charge in [-0.2, -0.15) is 0 Å². The summed E-state index contributed by atoms with van der Waals surface area (Å²) in [6.07, 6.45) is -0.387. The van der Waals surface area contributed by atoms with Crippen molar-refractivity contribution in [2.45, 2.75) is 26.5 Å². The Hall–Kier alpha value is -1.66. The molecule has 1 atom stereocenters. The van der Waals surface area contributed by atoms with Crippen LogP contribution in [0.2, 0.25) is 0 Å². The summed E-state index contributed by atoms with van der Waals surface area (Å²) in [5, 5.41) is 0. The van der Waals surface area contributed by atoms with E-state index in [2.05, 4.69) is 4.90 Å². The molecule has 1 fully saturated rings. The van der Waals surface area contributed by atoms with Crippen LogP contribution in [0.4, 0.5) is 4.39 Å². The number of benzene rings is 1. The number of hydrogen-bond donors (Lipinski definition) is 0. The van der Waals surface area contributed by atoms with Gasteiger partial charge in [-0.25, -0.2) is 4.39 Å². The van der Waals surface area contributed by atoms with Gasteiger partial charge in [0.15, 0.2) is 11.6 Å². The van der Waals surface area contributed by atoms with E-state index in [0.29, 0.717) is 26.2 Å². The Morgan fingerprint density at radius 3 is 2.57 bits per heavy atom. The second-order valence-electron chi connectivity index (χ2n) is 5.67. The minimum atomic E-state index is -0.387. The van der Waals surface area contributed by atoms with E-state index >= 15 is 0 Å². The maximum absolute atomic E-state index is 13.7. The zero-order chi connectivity index (χ0) is 16.8. The molecule has 1 aliphatic rings. The molecular weight excluding hydrogens is 299 g/mol. The van der Waals surface area contributed by atoms with Crippen LogP contribution in [-0.2, 0) is 16.1 Å². The number of methoxy groups -OCH3 is 1. The number of carbonyl (C=O) groups is 1. The summed E-state index contributed by atoms with van der Waals surface area (Å²) >= 11 is 0. The molecule has 0 spiro atoms. The van der Waals surface area contributed by atoms with Gasteiger partial charge < -0.3 is 14.4 Å². The summed E-state index contributed by atoms with van der Waals surface area (Å²) in [5.41, 5.74) is 0.908. The van der Waals surface area contributed by atoms with Gasteiger partial charge in [-0.05, 0) is 31.5 Å². The number of carbonyl (C=O) groups excluding carboxylic acids is 1. The third-order valence-corrected chi connectivity index (χ3v) is 4.07. The molecule has 128 valence electrons. The van der Waals surface area contributed by atoms with E-state index in [9.17, 15) is 9.18 Å². The summed E-state index contributed by atoms with van der Waals surface area (Å²) < 4.78 is 24.0. The highest BCUT2D eigenvalue weighted by molar-refractivity contribution is 5.80. The first kappa shape index (κ1) is 17.7. The van der Waals surface area contributed by atoms with Crippen molar-refractivity contribution in [1.29, 1.82) is 0 Å².